The Kier molecular flexibility index (Phi) is 5.68. The van der Waals surface area contributed by atoms with Gasteiger partial charge in [-0.3, -0.25) is 10.1 Å². The number of carbonyl (C=O) groups excluding carboxylic acids is 1. The maximum atomic E-state index is 12.5. The lowest BCUT2D eigenvalue weighted by atomic mass is 10.1. The molecule has 1 N–H and O–H groups in total. The summed E-state index contributed by atoms with van der Waals surface area (Å²) >= 11 is 5.66. The molecule has 0 saturated carbocycles. The molecule has 6 heteroatoms. The van der Waals surface area contributed by atoms with E-state index < -0.39 is 0 Å². The predicted octanol–water partition coefficient (Wildman–Crippen LogP) is 5.53. The number of rotatable bonds is 3. The molecule has 132 valence electrons. The third kappa shape index (κ3) is 4.23. The second-order valence-corrected chi connectivity index (χ2v) is 10.3. The van der Waals surface area contributed by atoms with Gasteiger partial charge in [0.05, 0.1) is 10.3 Å². The zero-order chi connectivity index (χ0) is 17.1. The van der Waals surface area contributed by atoms with E-state index in [0.29, 0.717) is 10.1 Å². The van der Waals surface area contributed by atoms with Crippen molar-refractivity contribution in [3.8, 4) is 0 Å². The molecule has 4 rings (SSSR count). The summed E-state index contributed by atoms with van der Waals surface area (Å²) in [4.78, 5) is 18.5. The Morgan fingerprint density at radius 3 is 2.56 bits per heavy atom. The highest BCUT2D eigenvalue weighted by molar-refractivity contribution is 8.16. The highest BCUT2D eigenvalue weighted by Gasteiger charge is 2.18. The number of hydrogen-bond donors (Lipinski definition) is 1. The van der Waals surface area contributed by atoms with E-state index in [1.807, 2.05) is 35.7 Å². The van der Waals surface area contributed by atoms with Gasteiger partial charge in [0, 0.05) is 10.4 Å². The summed E-state index contributed by atoms with van der Waals surface area (Å²) in [6, 6.07) is 8.09. The minimum absolute atomic E-state index is 0.0561. The lowest BCUT2D eigenvalue weighted by Gasteiger charge is -2.21. The second-order valence-electron chi connectivity index (χ2n) is 6.45. The number of benzene rings is 1. The fourth-order valence-electron chi connectivity index (χ4n) is 3.22. The zero-order valence-corrected chi connectivity index (χ0v) is 16.6. The van der Waals surface area contributed by atoms with Crippen LogP contribution in [0.5, 0.6) is 0 Å². The monoisotopic (exact) mass is 390 g/mol. The van der Waals surface area contributed by atoms with Crippen molar-refractivity contribution in [2.24, 2.45) is 0 Å². The van der Waals surface area contributed by atoms with Gasteiger partial charge in [-0.15, -0.1) is 34.9 Å². The third-order valence-electron chi connectivity index (χ3n) is 4.59. The first-order valence-electron chi connectivity index (χ1n) is 8.93. The van der Waals surface area contributed by atoms with Gasteiger partial charge in [-0.05, 0) is 61.3 Å². The average molecular weight is 391 g/mol. The van der Waals surface area contributed by atoms with Crippen LogP contribution in [-0.2, 0) is 12.8 Å². The van der Waals surface area contributed by atoms with Crippen LogP contribution in [0.3, 0.4) is 0 Å². The topological polar surface area (TPSA) is 42.0 Å². The number of hydrogen-bond acceptors (Lipinski definition) is 5. The number of amides is 1. The summed E-state index contributed by atoms with van der Waals surface area (Å²) in [5, 5.41) is 3.74. The summed E-state index contributed by atoms with van der Waals surface area (Å²) < 4.78 is 0.514. The Hall–Kier alpha value is -0.980. The van der Waals surface area contributed by atoms with E-state index in [1.54, 1.807) is 11.3 Å². The fraction of sp³-hybridized carbons (Fsp3) is 0.474. The van der Waals surface area contributed by atoms with Crippen LogP contribution >= 0.6 is 34.9 Å². The minimum atomic E-state index is -0.0561. The van der Waals surface area contributed by atoms with Crippen molar-refractivity contribution in [1.29, 1.82) is 0 Å². The molecular formula is C19H22N2OS3. The number of anilines is 1. The summed E-state index contributed by atoms with van der Waals surface area (Å²) in [5.41, 5.74) is 3.21. The molecule has 1 aliphatic carbocycles. The Labute approximate surface area is 161 Å². The molecule has 0 radical (unpaired) electrons. The van der Waals surface area contributed by atoms with Gasteiger partial charge in [0.1, 0.15) is 0 Å². The van der Waals surface area contributed by atoms with Crippen molar-refractivity contribution >= 4 is 45.9 Å². The highest BCUT2D eigenvalue weighted by Crippen LogP contribution is 2.43. The standard InChI is InChI=1S/C19H22N2OS3/c22-17(21-19-20-15-5-2-1-3-6-16(15)25-19)13-7-9-14(10-8-13)18-23-11-4-12-24-18/h7-10,18H,1-6,11-12H2,(H,20,21,22). The van der Waals surface area contributed by atoms with E-state index >= 15 is 0 Å². The van der Waals surface area contributed by atoms with Crippen LogP contribution < -0.4 is 5.32 Å². The molecule has 0 bridgehead atoms. The lowest BCUT2D eigenvalue weighted by molar-refractivity contribution is 0.102. The van der Waals surface area contributed by atoms with E-state index in [-0.39, 0.29) is 5.91 Å². The SMILES string of the molecule is O=C(Nc1nc2c(s1)CCCCC2)c1ccc(C2SCCCS2)cc1. The van der Waals surface area contributed by atoms with E-state index in [0.717, 1.165) is 18.0 Å². The molecule has 0 spiro atoms. The van der Waals surface area contributed by atoms with Crippen molar-refractivity contribution in [3.05, 3.63) is 46.0 Å². The fourth-order valence-corrected chi connectivity index (χ4v) is 7.16. The zero-order valence-electron chi connectivity index (χ0n) is 14.1. The Bertz CT molecular complexity index is 712. The number of aromatic nitrogens is 1. The Morgan fingerprint density at radius 1 is 1.00 bits per heavy atom. The summed E-state index contributed by atoms with van der Waals surface area (Å²) in [6.07, 6.45) is 7.18. The number of carbonyl (C=O) groups is 1. The van der Waals surface area contributed by atoms with Gasteiger partial charge >= 0.3 is 0 Å². The molecule has 1 amide bonds. The van der Waals surface area contributed by atoms with Gasteiger partial charge in [0.15, 0.2) is 5.13 Å². The Morgan fingerprint density at radius 2 is 1.76 bits per heavy atom. The number of fused-ring (bicyclic) bond motifs is 1. The summed E-state index contributed by atoms with van der Waals surface area (Å²) in [6.45, 7) is 0. The van der Waals surface area contributed by atoms with Crippen molar-refractivity contribution in [1.82, 2.24) is 4.98 Å². The number of nitrogens with zero attached hydrogens (tertiary/aromatic N) is 1. The van der Waals surface area contributed by atoms with Crippen LogP contribution in [0, 0.1) is 0 Å². The molecule has 1 aromatic carbocycles. The van der Waals surface area contributed by atoms with Gasteiger partial charge in [0.2, 0.25) is 0 Å². The molecule has 1 aliphatic heterocycles. The van der Waals surface area contributed by atoms with E-state index in [2.05, 4.69) is 22.4 Å². The van der Waals surface area contributed by atoms with Crippen LogP contribution in [0.25, 0.3) is 0 Å². The molecule has 2 aromatic rings. The second kappa shape index (κ2) is 8.14. The van der Waals surface area contributed by atoms with Gasteiger partial charge < -0.3 is 0 Å². The Balaban J connectivity index is 1.42. The van der Waals surface area contributed by atoms with Gasteiger partial charge in [-0.1, -0.05) is 18.6 Å². The molecule has 1 saturated heterocycles. The van der Waals surface area contributed by atoms with Crippen molar-refractivity contribution in [2.75, 3.05) is 16.8 Å². The van der Waals surface area contributed by atoms with Gasteiger partial charge in [0.25, 0.3) is 5.91 Å². The van der Waals surface area contributed by atoms with Crippen molar-refractivity contribution in [3.63, 3.8) is 0 Å². The average Bonchev–Trinajstić information content (AvgIpc) is 2.90. The van der Waals surface area contributed by atoms with Crippen LogP contribution in [0.15, 0.2) is 24.3 Å². The number of nitrogens with one attached hydrogen (secondary N) is 1. The number of thioether (sulfide) groups is 2. The molecule has 1 fully saturated rings. The van der Waals surface area contributed by atoms with Crippen LogP contribution in [0.4, 0.5) is 5.13 Å². The third-order valence-corrected chi connectivity index (χ3v) is 8.68. The van der Waals surface area contributed by atoms with Crippen LogP contribution in [0.2, 0.25) is 0 Å². The first-order chi connectivity index (χ1) is 12.3. The maximum absolute atomic E-state index is 12.5. The molecular weight excluding hydrogens is 368 g/mol. The maximum Gasteiger partial charge on any atom is 0.257 e. The van der Waals surface area contributed by atoms with Crippen LogP contribution in [-0.4, -0.2) is 22.4 Å². The van der Waals surface area contributed by atoms with Crippen LogP contribution in [0.1, 0.15) is 56.8 Å². The quantitative estimate of drug-likeness (QED) is 0.699. The van der Waals surface area contributed by atoms with E-state index in [9.17, 15) is 4.79 Å². The number of thiazole rings is 1. The smallest absolute Gasteiger partial charge is 0.257 e. The number of aryl methyl sites for hydroxylation is 2. The predicted molar refractivity (Wildman–Crippen MR) is 110 cm³/mol. The molecule has 0 atom stereocenters. The van der Waals surface area contributed by atoms with Gasteiger partial charge in [-0.25, -0.2) is 4.98 Å². The minimum Gasteiger partial charge on any atom is -0.298 e. The normalized spacial score (nSPS) is 18.4. The van der Waals surface area contributed by atoms with Crippen molar-refractivity contribution < 1.29 is 4.79 Å². The summed E-state index contributed by atoms with van der Waals surface area (Å²) in [7, 11) is 0. The molecule has 1 aromatic heterocycles. The first-order valence-corrected chi connectivity index (χ1v) is 11.8. The molecule has 0 unspecified atom stereocenters. The van der Waals surface area contributed by atoms with E-state index in [4.69, 9.17) is 0 Å². The largest absolute Gasteiger partial charge is 0.298 e. The van der Waals surface area contributed by atoms with E-state index in [1.165, 1.54) is 53.3 Å². The molecule has 2 aliphatic rings. The molecule has 2 heterocycles. The molecule has 25 heavy (non-hydrogen) atoms. The van der Waals surface area contributed by atoms with Gasteiger partial charge in [-0.2, -0.15) is 0 Å². The van der Waals surface area contributed by atoms with Crippen molar-refractivity contribution in [2.45, 2.75) is 43.1 Å². The summed E-state index contributed by atoms with van der Waals surface area (Å²) in [5.74, 6) is 2.41. The highest BCUT2D eigenvalue weighted by atomic mass is 32.2. The first kappa shape index (κ1) is 17.4. The lowest BCUT2D eigenvalue weighted by Crippen LogP contribution is -2.12. The molecule has 3 nitrogen and oxygen atoms in total.